The fourth-order valence-electron chi connectivity index (χ4n) is 3.36. The van der Waals surface area contributed by atoms with Gasteiger partial charge >= 0.3 is 6.09 Å². The lowest BCUT2D eigenvalue weighted by atomic mass is 9.95. The van der Waals surface area contributed by atoms with E-state index >= 15 is 0 Å². The summed E-state index contributed by atoms with van der Waals surface area (Å²) in [5, 5.41) is 6.23. The minimum Gasteiger partial charge on any atom is -0.444 e. The van der Waals surface area contributed by atoms with Crippen molar-refractivity contribution in [2.45, 2.75) is 78.9 Å². The first-order chi connectivity index (χ1) is 13.8. The highest BCUT2D eigenvalue weighted by Gasteiger charge is 2.27. The van der Waals surface area contributed by atoms with Crippen molar-refractivity contribution < 1.29 is 14.3 Å². The molecule has 1 heterocycles. The summed E-state index contributed by atoms with van der Waals surface area (Å²) < 4.78 is 5.51. The molecule has 0 radical (unpaired) electrons. The fraction of sp³-hybridized carbons (Fsp3) is 0.864. The van der Waals surface area contributed by atoms with Gasteiger partial charge in [-0.15, -0.1) is 0 Å². The number of nitrogens with zero attached hydrogens (tertiary/aromatic N) is 3. The van der Waals surface area contributed by atoms with Gasteiger partial charge in [0.1, 0.15) is 5.60 Å². The summed E-state index contributed by atoms with van der Waals surface area (Å²) in [6.45, 7) is 16.7. The van der Waals surface area contributed by atoms with Gasteiger partial charge in [-0.2, -0.15) is 0 Å². The number of nitrogens with one attached hydrogen (secondary N) is 2. The van der Waals surface area contributed by atoms with Crippen LogP contribution in [0.4, 0.5) is 4.79 Å². The molecule has 2 N–H and O–H groups in total. The van der Waals surface area contributed by atoms with Crippen LogP contribution in [0, 0.1) is 5.92 Å². The standard InChI is InChI=1S/C22H43N5O3/c1-9-23-19(26(8)16-18(28)25-21(2,3)4)24-13-12-17-11-10-14-27(15-17)20(29)30-22(5,6)7/h17H,9-16H2,1-8H3,(H,23,24)(H,25,28). The molecule has 8 nitrogen and oxygen atoms in total. The number of aliphatic imine (C=N–C) groups is 1. The van der Waals surface area contributed by atoms with E-state index in [0.29, 0.717) is 19.0 Å². The molecule has 1 saturated heterocycles. The molecule has 0 saturated carbocycles. The van der Waals surface area contributed by atoms with Gasteiger partial charge in [-0.25, -0.2) is 4.79 Å². The molecule has 30 heavy (non-hydrogen) atoms. The Morgan fingerprint density at radius 2 is 1.87 bits per heavy atom. The Balaban J connectivity index is 2.58. The van der Waals surface area contributed by atoms with Gasteiger partial charge in [0.05, 0.1) is 6.54 Å². The van der Waals surface area contributed by atoms with E-state index in [4.69, 9.17) is 9.73 Å². The first-order valence-corrected chi connectivity index (χ1v) is 11.1. The van der Waals surface area contributed by atoms with Gasteiger partial charge in [-0.05, 0) is 73.6 Å². The Hall–Kier alpha value is -1.99. The zero-order chi connectivity index (χ0) is 22.9. The molecule has 174 valence electrons. The molecule has 2 amide bonds. The molecule has 1 fully saturated rings. The fourth-order valence-corrected chi connectivity index (χ4v) is 3.36. The van der Waals surface area contributed by atoms with Gasteiger partial charge in [-0.1, -0.05) is 0 Å². The molecule has 0 spiro atoms. The van der Waals surface area contributed by atoms with Crippen molar-refractivity contribution in [1.29, 1.82) is 0 Å². The molecule has 1 aliphatic rings. The number of piperidine rings is 1. The van der Waals surface area contributed by atoms with Crippen LogP contribution < -0.4 is 10.6 Å². The van der Waals surface area contributed by atoms with Crippen LogP contribution in [0.3, 0.4) is 0 Å². The topological polar surface area (TPSA) is 86.3 Å². The van der Waals surface area contributed by atoms with Crippen LogP contribution >= 0.6 is 0 Å². The predicted molar refractivity (Wildman–Crippen MR) is 122 cm³/mol. The second-order valence-corrected chi connectivity index (χ2v) is 10.1. The second-order valence-electron chi connectivity index (χ2n) is 10.1. The van der Waals surface area contributed by atoms with Gasteiger partial charge in [0, 0.05) is 38.8 Å². The number of carbonyl (C=O) groups is 2. The average molecular weight is 426 g/mol. The van der Waals surface area contributed by atoms with Gasteiger partial charge in [0.2, 0.25) is 5.91 Å². The summed E-state index contributed by atoms with van der Waals surface area (Å²) in [5.41, 5.74) is -0.729. The molecule has 0 aromatic heterocycles. The molecular weight excluding hydrogens is 382 g/mol. The molecule has 1 unspecified atom stereocenters. The van der Waals surface area contributed by atoms with Gasteiger partial charge in [-0.3, -0.25) is 9.79 Å². The number of rotatable bonds is 6. The van der Waals surface area contributed by atoms with Crippen molar-refractivity contribution in [3.8, 4) is 0 Å². The van der Waals surface area contributed by atoms with E-state index in [1.165, 1.54) is 0 Å². The smallest absolute Gasteiger partial charge is 0.410 e. The largest absolute Gasteiger partial charge is 0.444 e. The van der Waals surface area contributed by atoms with Crippen LogP contribution in [0.2, 0.25) is 0 Å². The van der Waals surface area contributed by atoms with Gasteiger partial charge in [0.15, 0.2) is 5.96 Å². The van der Waals surface area contributed by atoms with E-state index in [2.05, 4.69) is 10.6 Å². The lowest BCUT2D eigenvalue weighted by Gasteiger charge is -2.34. The van der Waals surface area contributed by atoms with Crippen molar-refractivity contribution >= 4 is 18.0 Å². The van der Waals surface area contributed by atoms with Gasteiger partial charge in [0.25, 0.3) is 0 Å². The molecule has 0 aromatic rings. The van der Waals surface area contributed by atoms with E-state index in [1.54, 1.807) is 0 Å². The third kappa shape index (κ3) is 10.7. The quantitative estimate of drug-likeness (QED) is 0.505. The highest BCUT2D eigenvalue weighted by Crippen LogP contribution is 2.21. The zero-order valence-electron chi connectivity index (χ0n) is 20.3. The molecular formula is C22H43N5O3. The number of hydrogen-bond acceptors (Lipinski definition) is 4. The Kier molecular flexibility index (Phi) is 9.91. The maximum atomic E-state index is 12.3. The van der Waals surface area contributed by atoms with E-state index in [-0.39, 0.29) is 24.1 Å². The molecule has 1 aliphatic heterocycles. The summed E-state index contributed by atoms with van der Waals surface area (Å²) in [5.74, 6) is 1.10. The second kappa shape index (κ2) is 11.4. The summed E-state index contributed by atoms with van der Waals surface area (Å²) >= 11 is 0. The first-order valence-electron chi connectivity index (χ1n) is 11.1. The molecule has 0 aromatic carbocycles. The van der Waals surface area contributed by atoms with Crippen LogP contribution in [0.15, 0.2) is 4.99 Å². The Morgan fingerprint density at radius 3 is 2.43 bits per heavy atom. The minimum absolute atomic E-state index is 0.0316. The number of ether oxygens (including phenoxy) is 1. The van der Waals surface area contributed by atoms with E-state index in [9.17, 15) is 9.59 Å². The van der Waals surface area contributed by atoms with Crippen molar-refractivity contribution in [3.05, 3.63) is 0 Å². The molecule has 8 heteroatoms. The Morgan fingerprint density at radius 1 is 1.20 bits per heavy atom. The molecule has 0 bridgehead atoms. The number of guanidine groups is 1. The maximum Gasteiger partial charge on any atom is 0.410 e. The summed E-state index contributed by atoms with van der Waals surface area (Å²) in [6, 6.07) is 0. The van der Waals surface area contributed by atoms with Crippen LogP contribution in [-0.4, -0.2) is 78.7 Å². The van der Waals surface area contributed by atoms with Gasteiger partial charge < -0.3 is 25.2 Å². The number of likely N-dealkylation sites (N-methyl/N-ethyl adjacent to an activating group) is 1. The summed E-state index contributed by atoms with van der Waals surface area (Å²) in [7, 11) is 1.87. The number of hydrogen-bond donors (Lipinski definition) is 2. The molecule has 1 atom stereocenters. The summed E-state index contributed by atoms with van der Waals surface area (Å²) in [6.07, 6.45) is 2.75. The lowest BCUT2D eigenvalue weighted by Crippen LogP contribution is -2.48. The van der Waals surface area contributed by atoms with E-state index in [1.807, 2.05) is 65.3 Å². The lowest BCUT2D eigenvalue weighted by molar-refractivity contribution is -0.122. The summed E-state index contributed by atoms with van der Waals surface area (Å²) in [4.78, 5) is 32.9. The van der Waals surface area contributed by atoms with Crippen molar-refractivity contribution in [2.24, 2.45) is 10.9 Å². The highest BCUT2D eigenvalue weighted by atomic mass is 16.6. The van der Waals surface area contributed by atoms with Crippen molar-refractivity contribution in [1.82, 2.24) is 20.4 Å². The zero-order valence-corrected chi connectivity index (χ0v) is 20.3. The van der Waals surface area contributed by atoms with Crippen LogP contribution in [-0.2, 0) is 9.53 Å². The molecule has 0 aliphatic carbocycles. The van der Waals surface area contributed by atoms with Crippen LogP contribution in [0.25, 0.3) is 0 Å². The SMILES string of the molecule is CCNC(=NCCC1CCCN(C(=O)OC(C)(C)C)C1)N(C)CC(=O)NC(C)(C)C. The van der Waals surface area contributed by atoms with E-state index in [0.717, 1.165) is 38.3 Å². The van der Waals surface area contributed by atoms with E-state index < -0.39 is 5.60 Å². The third-order valence-electron chi connectivity index (χ3n) is 4.56. The number of likely N-dealkylation sites (tertiary alicyclic amines) is 1. The Labute approximate surface area is 182 Å². The molecule has 1 rings (SSSR count). The number of amides is 2. The monoisotopic (exact) mass is 425 g/mol. The first kappa shape index (κ1) is 26.0. The van der Waals surface area contributed by atoms with Crippen molar-refractivity contribution in [3.63, 3.8) is 0 Å². The minimum atomic E-state index is -0.473. The normalized spacial score (nSPS) is 18.1. The third-order valence-corrected chi connectivity index (χ3v) is 4.56. The van der Waals surface area contributed by atoms with Crippen molar-refractivity contribution in [2.75, 3.05) is 39.8 Å². The Bertz CT molecular complexity index is 593. The predicted octanol–water partition coefficient (Wildman–Crippen LogP) is 2.84. The number of carbonyl (C=O) groups excluding carboxylic acids is 2. The van der Waals surface area contributed by atoms with Crippen LogP contribution in [0.1, 0.15) is 67.7 Å². The highest BCUT2D eigenvalue weighted by molar-refractivity contribution is 5.86. The van der Waals surface area contributed by atoms with Crippen LogP contribution in [0.5, 0.6) is 0 Å². The maximum absolute atomic E-state index is 12.3. The average Bonchev–Trinajstić information content (AvgIpc) is 2.58.